The molecule has 110 valence electrons. The molecule has 3 heteroatoms. The van der Waals surface area contributed by atoms with E-state index in [0.29, 0.717) is 11.4 Å². The maximum absolute atomic E-state index is 12.5. The van der Waals surface area contributed by atoms with Crippen LogP contribution in [-0.2, 0) is 18.7 Å². The summed E-state index contributed by atoms with van der Waals surface area (Å²) in [4.78, 5) is 12.5. The Balaban J connectivity index is 2.30. The minimum absolute atomic E-state index is 0.0856. The third kappa shape index (κ3) is 3.64. The molecule has 0 radical (unpaired) electrons. The van der Waals surface area contributed by atoms with Gasteiger partial charge in [0, 0.05) is 17.1 Å². The summed E-state index contributed by atoms with van der Waals surface area (Å²) in [5, 5.41) is 3.07. The Labute approximate surface area is 131 Å². The van der Waals surface area contributed by atoms with Gasteiger partial charge in [-0.05, 0) is 41.7 Å². The lowest BCUT2D eigenvalue weighted by molar-refractivity contribution is 0.102. The van der Waals surface area contributed by atoms with Crippen LogP contribution in [0.15, 0.2) is 42.5 Å². The molecule has 2 rings (SSSR count). The van der Waals surface area contributed by atoms with Crippen molar-refractivity contribution in [3.8, 4) is 0 Å². The van der Waals surface area contributed by atoms with Gasteiger partial charge in [-0.15, -0.1) is 11.6 Å². The molecule has 0 saturated carbocycles. The van der Waals surface area contributed by atoms with Crippen molar-refractivity contribution >= 4 is 23.2 Å². The minimum atomic E-state index is -0.0856. The molecule has 21 heavy (non-hydrogen) atoms. The number of anilines is 1. The Hall–Kier alpha value is -1.80. The van der Waals surface area contributed by atoms with Gasteiger partial charge >= 0.3 is 0 Å². The van der Waals surface area contributed by atoms with E-state index in [2.05, 4.69) is 31.3 Å². The number of para-hydroxylation sites is 1. The van der Waals surface area contributed by atoms with Crippen molar-refractivity contribution < 1.29 is 4.79 Å². The van der Waals surface area contributed by atoms with Gasteiger partial charge < -0.3 is 5.32 Å². The molecule has 0 aliphatic carbocycles. The number of hydrogen-bond donors (Lipinski definition) is 1. The van der Waals surface area contributed by atoms with Crippen LogP contribution in [0.3, 0.4) is 0 Å². The first-order valence-corrected chi connectivity index (χ1v) is 7.80. The maximum Gasteiger partial charge on any atom is 0.255 e. The van der Waals surface area contributed by atoms with Crippen LogP contribution in [0.4, 0.5) is 5.69 Å². The van der Waals surface area contributed by atoms with Crippen LogP contribution in [0.2, 0.25) is 0 Å². The van der Waals surface area contributed by atoms with E-state index in [1.807, 2.05) is 30.3 Å². The van der Waals surface area contributed by atoms with Crippen LogP contribution >= 0.6 is 11.6 Å². The molecule has 0 atom stereocenters. The van der Waals surface area contributed by atoms with Crippen molar-refractivity contribution in [3.05, 3.63) is 64.7 Å². The maximum atomic E-state index is 12.5. The standard InChI is InChI=1S/C18H20ClNO/c1-3-14-8-6-9-15(4-2)17(14)20-18(21)16-10-5-7-13(11-16)12-19/h5-11H,3-4,12H2,1-2H3,(H,20,21). The highest BCUT2D eigenvalue weighted by atomic mass is 35.5. The Morgan fingerprint density at radius 2 is 1.67 bits per heavy atom. The largest absolute Gasteiger partial charge is 0.321 e. The van der Waals surface area contributed by atoms with Crippen LogP contribution in [0.1, 0.15) is 40.9 Å². The van der Waals surface area contributed by atoms with Crippen molar-refractivity contribution in [2.24, 2.45) is 0 Å². The zero-order valence-corrected chi connectivity index (χ0v) is 13.2. The van der Waals surface area contributed by atoms with Crippen LogP contribution in [0.5, 0.6) is 0 Å². The van der Waals surface area contributed by atoms with Gasteiger partial charge in [0.05, 0.1) is 0 Å². The van der Waals surface area contributed by atoms with Gasteiger partial charge in [0.2, 0.25) is 0 Å². The highest BCUT2D eigenvalue weighted by Crippen LogP contribution is 2.23. The molecule has 0 aromatic heterocycles. The van der Waals surface area contributed by atoms with Gasteiger partial charge in [0.1, 0.15) is 0 Å². The van der Waals surface area contributed by atoms with E-state index in [0.717, 1.165) is 35.2 Å². The van der Waals surface area contributed by atoms with Crippen molar-refractivity contribution in [2.45, 2.75) is 32.6 Å². The molecule has 1 amide bonds. The van der Waals surface area contributed by atoms with E-state index in [-0.39, 0.29) is 5.91 Å². The molecule has 0 aliphatic heterocycles. The predicted octanol–water partition coefficient (Wildman–Crippen LogP) is 4.80. The number of nitrogens with one attached hydrogen (secondary N) is 1. The molecule has 0 heterocycles. The summed E-state index contributed by atoms with van der Waals surface area (Å²) in [5.41, 5.74) is 4.86. The van der Waals surface area contributed by atoms with Gasteiger partial charge in [0.15, 0.2) is 0 Å². The third-order valence-electron chi connectivity index (χ3n) is 3.58. The smallest absolute Gasteiger partial charge is 0.255 e. The van der Waals surface area contributed by atoms with E-state index in [4.69, 9.17) is 11.6 Å². The summed E-state index contributed by atoms with van der Waals surface area (Å²) in [5.74, 6) is 0.324. The topological polar surface area (TPSA) is 29.1 Å². The second kappa shape index (κ2) is 7.28. The van der Waals surface area contributed by atoms with Crippen LogP contribution < -0.4 is 5.32 Å². The fourth-order valence-electron chi connectivity index (χ4n) is 2.38. The molecule has 0 unspecified atom stereocenters. The number of halogens is 1. The number of hydrogen-bond acceptors (Lipinski definition) is 1. The highest BCUT2D eigenvalue weighted by Gasteiger charge is 2.12. The van der Waals surface area contributed by atoms with Gasteiger partial charge in [-0.2, -0.15) is 0 Å². The first kappa shape index (κ1) is 15.6. The van der Waals surface area contributed by atoms with Gasteiger partial charge in [-0.3, -0.25) is 4.79 Å². The molecule has 2 nitrogen and oxygen atoms in total. The number of rotatable bonds is 5. The number of carbonyl (C=O) groups excluding carboxylic acids is 1. The fourth-order valence-corrected chi connectivity index (χ4v) is 2.55. The average molecular weight is 302 g/mol. The van der Waals surface area contributed by atoms with E-state index in [1.165, 1.54) is 0 Å². The molecule has 0 bridgehead atoms. The molecule has 2 aromatic rings. The normalized spacial score (nSPS) is 10.4. The van der Waals surface area contributed by atoms with Crippen LogP contribution in [-0.4, -0.2) is 5.91 Å². The summed E-state index contributed by atoms with van der Waals surface area (Å²) in [7, 11) is 0. The highest BCUT2D eigenvalue weighted by molar-refractivity contribution is 6.17. The lowest BCUT2D eigenvalue weighted by Crippen LogP contribution is -2.15. The van der Waals surface area contributed by atoms with Crippen molar-refractivity contribution in [1.29, 1.82) is 0 Å². The first-order valence-electron chi connectivity index (χ1n) is 7.26. The van der Waals surface area contributed by atoms with E-state index < -0.39 is 0 Å². The van der Waals surface area contributed by atoms with Gasteiger partial charge in [0.25, 0.3) is 5.91 Å². The molecule has 1 N–H and O–H groups in total. The van der Waals surface area contributed by atoms with E-state index >= 15 is 0 Å². The molecule has 0 aliphatic rings. The molecular formula is C18H20ClNO. The number of carbonyl (C=O) groups is 1. The Morgan fingerprint density at radius 3 is 2.24 bits per heavy atom. The summed E-state index contributed by atoms with van der Waals surface area (Å²) < 4.78 is 0. The van der Waals surface area contributed by atoms with Gasteiger partial charge in [-0.1, -0.05) is 44.2 Å². The first-order chi connectivity index (χ1) is 10.2. The third-order valence-corrected chi connectivity index (χ3v) is 3.89. The molecule has 0 spiro atoms. The Bertz CT molecular complexity index is 615. The van der Waals surface area contributed by atoms with Crippen molar-refractivity contribution in [1.82, 2.24) is 0 Å². The van der Waals surface area contributed by atoms with Crippen molar-refractivity contribution in [2.75, 3.05) is 5.32 Å². The van der Waals surface area contributed by atoms with Crippen LogP contribution in [0.25, 0.3) is 0 Å². The lowest BCUT2D eigenvalue weighted by Gasteiger charge is -2.14. The molecule has 0 fully saturated rings. The number of alkyl halides is 1. The van der Waals surface area contributed by atoms with Crippen molar-refractivity contribution in [3.63, 3.8) is 0 Å². The lowest BCUT2D eigenvalue weighted by atomic mass is 10.0. The SMILES string of the molecule is CCc1cccc(CC)c1NC(=O)c1cccc(CCl)c1. The number of amides is 1. The second-order valence-electron chi connectivity index (χ2n) is 4.95. The predicted molar refractivity (Wildman–Crippen MR) is 89.2 cm³/mol. The molecular weight excluding hydrogens is 282 g/mol. The molecule has 2 aromatic carbocycles. The quantitative estimate of drug-likeness (QED) is 0.789. The van der Waals surface area contributed by atoms with Gasteiger partial charge in [-0.25, -0.2) is 0 Å². The second-order valence-corrected chi connectivity index (χ2v) is 5.21. The van der Waals surface area contributed by atoms with E-state index in [1.54, 1.807) is 0 Å². The minimum Gasteiger partial charge on any atom is -0.321 e. The Morgan fingerprint density at radius 1 is 1.05 bits per heavy atom. The summed E-state index contributed by atoms with van der Waals surface area (Å²) in [6, 6.07) is 13.6. The summed E-state index contributed by atoms with van der Waals surface area (Å²) in [6.07, 6.45) is 1.79. The number of aryl methyl sites for hydroxylation is 2. The summed E-state index contributed by atoms with van der Waals surface area (Å²) >= 11 is 5.83. The average Bonchev–Trinajstić information content (AvgIpc) is 2.54. The summed E-state index contributed by atoms with van der Waals surface area (Å²) in [6.45, 7) is 4.19. The van der Waals surface area contributed by atoms with E-state index in [9.17, 15) is 4.79 Å². The number of benzene rings is 2. The zero-order chi connectivity index (χ0) is 15.2. The fraction of sp³-hybridized carbons (Fsp3) is 0.278. The zero-order valence-electron chi connectivity index (χ0n) is 12.4. The molecule has 0 saturated heterocycles. The monoisotopic (exact) mass is 301 g/mol. The van der Waals surface area contributed by atoms with Crippen LogP contribution in [0, 0.1) is 0 Å². The Kier molecular flexibility index (Phi) is 5.40.